The highest BCUT2D eigenvalue weighted by Gasteiger charge is 2.23. The van der Waals surface area contributed by atoms with Crippen LogP contribution in [0.5, 0.6) is 5.75 Å². The van der Waals surface area contributed by atoms with E-state index in [0.717, 1.165) is 23.8 Å². The molecule has 1 aliphatic rings. The fraction of sp³-hybridized carbons (Fsp3) is 0.812. The van der Waals surface area contributed by atoms with Crippen molar-refractivity contribution in [2.75, 3.05) is 7.11 Å². The van der Waals surface area contributed by atoms with Gasteiger partial charge in [0.2, 0.25) is 0 Å². The fourth-order valence-electron chi connectivity index (χ4n) is 3.35. The Morgan fingerprint density at radius 2 is 1.95 bits per heavy atom. The minimum atomic E-state index is 0.0259. The van der Waals surface area contributed by atoms with Gasteiger partial charge in [0.1, 0.15) is 0 Å². The second-order valence-corrected chi connectivity index (χ2v) is 6.34. The first-order chi connectivity index (χ1) is 9.63. The number of nitrogens with zero attached hydrogens (tertiary/aromatic N) is 2. The smallest absolute Gasteiger partial charge is 0.161 e. The molecule has 1 aliphatic carbocycles. The molecule has 1 saturated carbocycles. The van der Waals surface area contributed by atoms with Gasteiger partial charge in [-0.1, -0.05) is 38.5 Å². The Morgan fingerprint density at radius 1 is 1.30 bits per heavy atom. The maximum Gasteiger partial charge on any atom is 0.161 e. The lowest BCUT2D eigenvalue weighted by Gasteiger charge is -2.22. The largest absolute Gasteiger partial charge is 0.493 e. The minimum Gasteiger partial charge on any atom is -0.493 e. The van der Waals surface area contributed by atoms with E-state index in [1.807, 2.05) is 4.68 Å². The third kappa shape index (κ3) is 3.54. The number of hydrogen-bond donors (Lipinski definition) is 1. The zero-order chi connectivity index (χ0) is 14.5. The number of hydrogen-bond acceptors (Lipinski definition) is 3. The summed E-state index contributed by atoms with van der Waals surface area (Å²) in [5.41, 5.74) is 7.56. The van der Waals surface area contributed by atoms with Crippen molar-refractivity contribution in [3.8, 4) is 5.75 Å². The summed E-state index contributed by atoms with van der Waals surface area (Å²) in [6.07, 6.45) is 11.0. The highest BCUT2D eigenvalue weighted by Crippen LogP contribution is 2.34. The van der Waals surface area contributed by atoms with Gasteiger partial charge in [-0.25, -0.2) is 0 Å². The number of aromatic nitrogens is 2. The Kier molecular flexibility index (Phi) is 5.46. The Labute approximate surface area is 122 Å². The SMILES string of the molecule is COc1cnn(C(C)C)c1C(N)CC1CCCCCC1. The normalized spacial score (nSPS) is 19.1. The van der Waals surface area contributed by atoms with Crippen LogP contribution in [0, 0.1) is 5.92 Å². The summed E-state index contributed by atoms with van der Waals surface area (Å²) in [7, 11) is 1.70. The molecule has 1 atom stereocenters. The van der Waals surface area contributed by atoms with E-state index in [9.17, 15) is 0 Å². The van der Waals surface area contributed by atoms with Gasteiger partial charge in [-0.2, -0.15) is 5.10 Å². The molecule has 0 bridgehead atoms. The highest BCUT2D eigenvalue weighted by molar-refractivity contribution is 5.28. The molecule has 4 nitrogen and oxygen atoms in total. The topological polar surface area (TPSA) is 53.1 Å². The molecule has 0 spiro atoms. The molecule has 20 heavy (non-hydrogen) atoms. The molecule has 1 aromatic heterocycles. The lowest BCUT2D eigenvalue weighted by molar-refractivity contribution is 0.356. The van der Waals surface area contributed by atoms with Gasteiger partial charge in [-0.05, 0) is 26.2 Å². The van der Waals surface area contributed by atoms with E-state index in [1.54, 1.807) is 13.3 Å². The van der Waals surface area contributed by atoms with Crippen LogP contribution in [0.3, 0.4) is 0 Å². The van der Waals surface area contributed by atoms with Crippen LogP contribution in [0.1, 0.15) is 76.6 Å². The van der Waals surface area contributed by atoms with E-state index in [4.69, 9.17) is 10.5 Å². The van der Waals surface area contributed by atoms with Gasteiger partial charge in [-0.15, -0.1) is 0 Å². The van der Waals surface area contributed by atoms with Crippen molar-refractivity contribution < 1.29 is 4.74 Å². The number of nitrogens with two attached hydrogens (primary N) is 1. The standard InChI is InChI=1S/C16H29N3O/c1-12(2)19-16(15(20-3)11-18-19)14(17)10-13-8-6-4-5-7-9-13/h11-14H,4-10,17H2,1-3H3. The lowest BCUT2D eigenvalue weighted by atomic mass is 9.91. The molecule has 0 radical (unpaired) electrons. The van der Waals surface area contributed by atoms with Crippen molar-refractivity contribution >= 4 is 0 Å². The van der Waals surface area contributed by atoms with Crippen molar-refractivity contribution in [3.05, 3.63) is 11.9 Å². The van der Waals surface area contributed by atoms with E-state index >= 15 is 0 Å². The molecule has 1 heterocycles. The van der Waals surface area contributed by atoms with Crippen LogP contribution in [0.25, 0.3) is 0 Å². The summed E-state index contributed by atoms with van der Waals surface area (Å²) in [4.78, 5) is 0. The molecular weight excluding hydrogens is 250 g/mol. The van der Waals surface area contributed by atoms with E-state index in [2.05, 4.69) is 18.9 Å². The number of ether oxygens (including phenoxy) is 1. The van der Waals surface area contributed by atoms with Gasteiger partial charge in [0.15, 0.2) is 5.75 Å². The molecule has 2 N–H and O–H groups in total. The summed E-state index contributed by atoms with van der Waals surface area (Å²) in [5, 5.41) is 4.43. The van der Waals surface area contributed by atoms with Crippen LogP contribution in [-0.2, 0) is 0 Å². The lowest BCUT2D eigenvalue weighted by Crippen LogP contribution is -2.21. The second kappa shape index (κ2) is 7.11. The molecular formula is C16H29N3O. The van der Waals surface area contributed by atoms with E-state index in [-0.39, 0.29) is 6.04 Å². The Morgan fingerprint density at radius 3 is 2.50 bits per heavy atom. The molecule has 0 aliphatic heterocycles. The average Bonchev–Trinajstić information content (AvgIpc) is 2.70. The van der Waals surface area contributed by atoms with Gasteiger partial charge >= 0.3 is 0 Å². The monoisotopic (exact) mass is 279 g/mol. The summed E-state index contributed by atoms with van der Waals surface area (Å²) < 4.78 is 7.46. The molecule has 1 unspecified atom stereocenters. The average molecular weight is 279 g/mol. The van der Waals surface area contributed by atoms with Gasteiger partial charge in [0, 0.05) is 6.04 Å². The van der Waals surface area contributed by atoms with Gasteiger partial charge in [0.05, 0.1) is 25.0 Å². The Balaban J connectivity index is 2.10. The van der Waals surface area contributed by atoms with E-state index in [0.29, 0.717) is 6.04 Å². The third-order valence-corrected chi connectivity index (χ3v) is 4.42. The summed E-state index contributed by atoms with van der Waals surface area (Å²) in [5.74, 6) is 1.59. The minimum absolute atomic E-state index is 0.0259. The first-order valence-electron chi connectivity index (χ1n) is 8.00. The molecule has 0 aromatic carbocycles. The van der Waals surface area contributed by atoms with E-state index < -0.39 is 0 Å². The van der Waals surface area contributed by atoms with Crippen molar-refractivity contribution in [3.63, 3.8) is 0 Å². The molecule has 114 valence electrons. The van der Waals surface area contributed by atoms with E-state index in [1.165, 1.54) is 38.5 Å². The first kappa shape index (κ1) is 15.4. The first-order valence-corrected chi connectivity index (χ1v) is 8.00. The second-order valence-electron chi connectivity index (χ2n) is 6.34. The van der Waals surface area contributed by atoms with Crippen LogP contribution in [0.2, 0.25) is 0 Å². The molecule has 1 aromatic rings. The third-order valence-electron chi connectivity index (χ3n) is 4.42. The Hall–Kier alpha value is -1.03. The summed E-state index contributed by atoms with van der Waals surface area (Å²) in [6, 6.07) is 0.340. The number of methoxy groups -OCH3 is 1. The molecule has 0 saturated heterocycles. The van der Waals surface area contributed by atoms with Crippen LogP contribution >= 0.6 is 0 Å². The van der Waals surface area contributed by atoms with Crippen molar-refractivity contribution in [1.82, 2.24) is 9.78 Å². The summed E-state index contributed by atoms with van der Waals surface area (Å²) >= 11 is 0. The van der Waals surface area contributed by atoms with Crippen molar-refractivity contribution in [2.24, 2.45) is 11.7 Å². The quantitative estimate of drug-likeness (QED) is 0.833. The van der Waals surface area contributed by atoms with Crippen LogP contribution < -0.4 is 10.5 Å². The molecule has 4 heteroatoms. The van der Waals surface area contributed by atoms with Crippen LogP contribution in [0.15, 0.2) is 6.20 Å². The zero-order valence-corrected chi connectivity index (χ0v) is 13.1. The molecule has 0 amide bonds. The predicted octanol–water partition coefficient (Wildman–Crippen LogP) is 3.83. The van der Waals surface area contributed by atoms with Crippen LogP contribution in [0.4, 0.5) is 0 Å². The fourth-order valence-corrected chi connectivity index (χ4v) is 3.35. The van der Waals surface area contributed by atoms with Gasteiger partial charge < -0.3 is 10.5 Å². The highest BCUT2D eigenvalue weighted by atomic mass is 16.5. The molecule has 2 rings (SSSR count). The number of rotatable bonds is 5. The van der Waals surface area contributed by atoms with Crippen molar-refractivity contribution in [2.45, 2.75) is 70.9 Å². The zero-order valence-electron chi connectivity index (χ0n) is 13.1. The van der Waals surface area contributed by atoms with Gasteiger partial charge in [-0.3, -0.25) is 4.68 Å². The molecule has 1 fully saturated rings. The van der Waals surface area contributed by atoms with Crippen molar-refractivity contribution in [1.29, 1.82) is 0 Å². The van der Waals surface area contributed by atoms with Gasteiger partial charge in [0.25, 0.3) is 0 Å². The predicted molar refractivity (Wildman–Crippen MR) is 81.9 cm³/mol. The maximum absolute atomic E-state index is 6.50. The maximum atomic E-state index is 6.50. The van der Waals surface area contributed by atoms with Crippen LogP contribution in [-0.4, -0.2) is 16.9 Å². The summed E-state index contributed by atoms with van der Waals surface area (Å²) in [6.45, 7) is 4.27. The Bertz CT molecular complexity index is 406.